The Morgan fingerprint density at radius 3 is 2.31 bits per heavy atom. The molecular weight excluding hydrogens is 160 g/mol. The Morgan fingerprint density at radius 2 is 1.85 bits per heavy atom. The fourth-order valence-corrected chi connectivity index (χ4v) is 1.50. The fourth-order valence-electron chi connectivity index (χ4n) is 1.50. The van der Waals surface area contributed by atoms with Gasteiger partial charge < -0.3 is 10.6 Å². The largest absolute Gasteiger partial charge is 0.330 e. The van der Waals surface area contributed by atoms with Crippen molar-refractivity contribution in [3.05, 3.63) is 0 Å². The Hall–Kier alpha value is -0.0800. The number of nitrogens with two attached hydrogens (primary N) is 1. The summed E-state index contributed by atoms with van der Waals surface area (Å²) in [5.41, 5.74) is 6.00. The number of rotatable bonds is 7. The molecule has 0 saturated heterocycles. The smallest absolute Gasteiger partial charge is 0.00217 e. The molecule has 0 unspecified atom stereocenters. The van der Waals surface area contributed by atoms with Crippen molar-refractivity contribution in [2.75, 3.05) is 26.7 Å². The lowest BCUT2D eigenvalue weighted by atomic mass is 9.84. The second-order valence-electron chi connectivity index (χ2n) is 4.70. The first-order chi connectivity index (χ1) is 6.02. The molecule has 0 aromatic rings. The Balaban J connectivity index is 3.50. The average molecular weight is 186 g/mol. The Kier molecular flexibility index (Phi) is 6.35. The fraction of sp³-hybridized carbons (Fsp3) is 1.00. The van der Waals surface area contributed by atoms with Crippen molar-refractivity contribution in [1.29, 1.82) is 0 Å². The lowest BCUT2D eigenvalue weighted by Crippen LogP contribution is -2.22. The topological polar surface area (TPSA) is 29.3 Å². The quantitative estimate of drug-likeness (QED) is 0.659. The third-order valence-electron chi connectivity index (χ3n) is 2.75. The highest BCUT2D eigenvalue weighted by Gasteiger charge is 2.15. The summed E-state index contributed by atoms with van der Waals surface area (Å²) in [6, 6.07) is 0. The SMILES string of the molecule is CCN(C)CCCC(C)(C)CCN. The van der Waals surface area contributed by atoms with Crippen molar-refractivity contribution in [3.8, 4) is 0 Å². The van der Waals surface area contributed by atoms with Gasteiger partial charge in [0, 0.05) is 0 Å². The summed E-state index contributed by atoms with van der Waals surface area (Å²) in [5.74, 6) is 0. The van der Waals surface area contributed by atoms with E-state index in [9.17, 15) is 0 Å². The minimum Gasteiger partial charge on any atom is -0.330 e. The maximum absolute atomic E-state index is 5.56. The van der Waals surface area contributed by atoms with E-state index in [-0.39, 0.29) is 0 Å². The molecule has 0 heterocycles. The molecule has 0 fully saturated rings. The molecule has 0 aliphatic rings. The van der Waals surface area contributed by atoms with Crippen molar-refractivity contribution < 1.29 is 0 Å². The van der Waals surface area contributed by atoms with Crippen LogP contribution in [0.4, 0.5) is 0 Å². The zero-order chi connectivity index (χ0) is 10.3. The summed E-state index contributed by atoms with van der Waals surface area (Å²) in [4.78, 5) is 2.36. The number of hydrogen-bond acceptors (Lipinski definition) is 2. The Bertz CT molecular complexity index is 121. The second kappa shape index (κ2) is 6.39. The summed E-state index contributed by atoms with van der Waals surface area (Å²) in [7, 11) is 2.18. The van der Waals surface area contributed by atoms with Gasteiger partial charge in [-0.15, -0.1) is 0 Å². The molecule has 80 valence electrons. The highest BCUT2D eigenvalue weighted by molar-refractivity contribution is 4.69. The van der Waals surface area contributed by atoms with E-state index < -0.39 is 0 Å². The van der Waals surface area contributed by atoms with Gasteiger partial charge in [0.15, 0.2) is 0 Å². The first-order valence-electron chi connectivity index (χ1n) is 5.40. The molecule has 0 aromatic carbocycles. The standard InChI is InChI=1S/C11H26N2/c1-5-13(4)10-6-7-11(2,3)8-9-12/h5-10,12H2,1-4H3. The summed E-state index contributed by atoms with van der Waals surface area (Å²) in [6.45, 7) is 10.0. The zero-order valence-corrected chi connectivity index (χ0v) is 9.77. The molecule has 0 rings (SSSR count). The van der Waals surface area contributed by atoms with E-state index in [4.69, 9.17) is 5.73 Å². The molecule has 2 N–H and O–H groups in total. The predicted molar refractivity (Wildman–Crippen MR) is 59.9 cm³/mol. The van der Waals surface area contributed by atoms with Crippen molar-refractivity contribution in [1.82, 2.24) is 4.90 Å². The summed E-state index contributed by atoms with van der Waals surface area (Å²) in [5, 5.41) is 0. The molecule has 0 saturated carbocycles. The van der Waals surface area contributed by atoms with E-state index in [1.807, 2.05) is 0 Å². The van der Waals surface area contributed by atoms with E-state index in [0.29, 0.717) is 5.41 Å². The Labute approximate surface area is 83.5 Å². The third-order valence-corrected chi connectivity index (χ3v) is 2.75. The van der Waals surface area contributed by atoms with Gasteiger partial charge in [0.25, 0.3) is 0 Å². The highest BCUT2D eigenvalue weighted by Crippen LogP contribution is 2.25. The summed E-state index contributed by atoms with van der Waals surface area (Å²) in [6.07, 6.45) is 3.72. The molecule has 0 aromatic heterocycles. The van der Waals surface area contributed by atoms with Crippen LogP contribution in [0.2, 0.25) is 0 Å². The van der Waals surface area contributed by atoms with Crippen LogP contribution in [0, 0.1) is 5.41 Å². The lowest BCUT2D eigenvalue weighted by molar-refractivity contribution is 0.268. The van der Waals surface area contributed by atoms with Crippen molar-refractivity contribution in [2.24, 2.45) is 11.1 Å². The maximum atomic E-state index is 5.56. The van der Waals surface area contributed by atoms with Gasteiger partial charge in [-0.2, -0.15) is 0 Å². The molecule has 0 amide bonds. The molecule has 0 spiro atoms. The van der Waals surface area contributed by atoms with Crippen LogP contribution >= 0.6 is 0 Å². The first-order valence-corrected chi connectivity index (χ1v) is 5.40. The highest BCUT2D eigenvalue weighted by atomic mass is 15.1. The van der Waals surface area contributed by atoms with Crippen LogP contribution < -0.4 is 5.73 Å². The molecular formula is C11H26N2. The summed E-state index contributed by atoms with van der Waals surface area (Å²) >= 11 is 0. The van der Waals surface area contributed by atoms with Crippen LogP contribution in [0.1, 0.15) is 40.0 Å². The second-order valence-corrected chi connectivity index (χ2v) is 4.70. The van der Waals surface area contributed by atoms with Crippen LogP contribution in [0.5, 0.6) is 0 Å². The van der Waals surface area contributed by atoms with Crippen molar-refractivity contribution >= 4 is 0 Å². The van der Waals surface area contributed by atoms with Gasteiger partial charge in [-0.05, 0) is 51.4 Å². The van der Waals surface area contributed by atoms with E-state index in [0.717, 1.165) is 19.5 Å². The summed E-state index contributed by atoms with van der Waals surface area (Å²) < 4.78 is 0. The van der Waals surface area contributed by atoms with Crippen LogP contribution in [0.25, 0.3) is 0 Å². The van der Waals surface area contributed by atoms with Gasteiger partial charge in [0.1, 0.15) is 0 Å². The third kappa shape index (κ3) is 7.03. The van der Waals surface area contributed by atoms with E-state index >= 15 is 0 Å². The molecule has 2 heteroatoms. The van der Waals surface area contributed by atoms with Gasteiger partial charge in [0.05, 0.1) is 0 Å². The van der Waals surface area contributed by atoms with Crippen molar-refractivity contribution in [2.45, 2.75) is 40.0 Å². The van der Waals surface area contributed by atoms with Gasteiger partial charge >= 0.3 is 0 Å². The van der Waals surface area contributed by atoms with Gasteiger partial charge in [-0.3, -0.25) is 0 Å². The lowest BCUT2D eigenvalue weighted by Gasteiger charge is -2.25. The minimum atomic E-state index is 0.434. The van der Waals surface area contributed by atoms with Gasteiger partial charge in [0.2, 0.25) is 0 Å². The molecule has 0 bridgehead atoms. The van der Waals surface area contributed by atoms with E-state index in [2.05, 4.69) is 32.7 Å². The molecule has 13 heavy (non-hydrogen) atoms. The average Bonchev–Trinajstić information content (AvgIpc) is 2.03. The van der Waals surface area contributed by atoms with Crippen LogP contribution in [0.15, 0.2) is 0 Å². The predicted octanol–water partition coefficient (Wildman–Crippen LogP) is 2.09. The number of hydrogen-bond donors (Lipinski definition) is 1. The van der Waals surface area contributed by atoms with Gasteiger partial charge in [-0.1, -0.05) is 20.8 Å². The molecule has 0 atom stereocenters. The van der Waals surface area contributed by atoms with E-state index in [1.54, 1.807) is 0 Å². The maximum Gasteiger partial charge on any atom is -0.00217 e. The van der Waals surface area contributed by atoms with Crippen LogP contribution in [-0.4, -0.2) is 31.6 Å². The molecule has 0 aliphatic carbocycles. The first kappa shape index (κ1) is 12.9. The van der Waals surface area contributed by atoms with Gasteiger partial charge in [-0.25, -0.2) is 0 Å². The molecule has 2 nitrogen and oxygen atoms in total. The molecule has 0 aliphatic heterocycles. The normalized spacial score (nSPS) is 12.5. The van der Waals surface area contributed by atoms with Crippen molar-refractivity contribution in [3.63, 3.8) is 0 Å². The number of nitrogens with zero attached hydrogens (tertiary/aromatic N) is 1. The van der Waals surface area contributed by atoms with Crippen LogP contribution in [0.3, 0.4) is 0 Å². The van der Waals surface area contributed by atoms with Crippen LogP contribution in [-0.2, 0) is 0 Å². The Morgan fingerprint density at radius 1 is 1.23 bits per heavy atom. The minimum absolute atomic E-state index is 0.434. The zero-order valence-electron chi connectivity index (χ0n) is 9.77. The monoisotopic (exact) mass is 186 g/mol. The molecule has 0 radical (unpaired) electrons. The van der Waals surface area contributed by atoms with E-state index in [1.165, 1.54) is 19.4 Å².